The second kappa shape index (κ2) is 3.09. The van der Waals surface area contributed by atoms with E-state index in [0.717, 1.165) is 24.6 Å². The molecular formula is C10H12N2O. The van der Waals surface area contributed by atoms with Crippen LogP contribution < -0.4 is 4.90 Å². The molecule has 3 nitrogen and oxygen atoms in total. The van der Waals surface area contributed by atoms with Gasteiger partial charge in [0.25, 0.3) is 0 Å². The molecule has 0 radical (unpaired) electrons. The maximum absolute atomic E-state index is 9.12. The number of amidine groups is 1. The normalized spacial score (nSPS) is 16.1. The van der Waals surface area contributed by atoms with Gasteiger partial charge in [0.05, 0.1) is 6.54 Å². The fraction of sp³-hybridized carbons (Fsp3) is 0.300. The van der Waals surface area contributed by atoms with Crippen LogP contribution in [0.25, 0.3) is 0 Å². The smallest absolute Gasteiger partial charge is 0.115 e. The van der Waals surface area contributed by atoms with E-state index in [-0.39, 0.29) is 0 Å². The monoisotopic (exact) mass is 176 g/mol. The van der Waals surface area contributed by atoms with E-state index >= 15 is 0 Å². The molecule has 1 aliphatic heterocycles. The molecule has 0 atom stereocenters. The van der Waals surface area contributed by atoms with Gasteiger partial charge in [-0.3, -0.25) is 4.99 Å². The Kier molecular flexibility index (Phi) is 1.93. The Bertz CT molecular complexity index is 329. The molecule has 0 saturated carbocycles. The Balaban J connectivity index is 2.26. The van der Waals surface area contributed by atoms with Gasteiger partial charge < -0.3 is 10.0 Å². The van der Waals surface area contributed by atoms with E-state index in [9.17, 15) is 0 Å². The standard InChI is InChI=1S/C10H12N2O/c1-8-11-6-7-12(8)9-2-4-10(13)5-3-9/h2-5,13H,6-7H2,1H3. The number of nitrogens with zero attached hydrogens (tertiary/aromatic N) is 2. The lowest BCUT2D eigenvalue weighted by Crippen LogP contribution is -2.24. The summed E-state index contributed by atoms with van der Waals surface area (Å²) >= 11 is 0. The fourth-order valence-corrected chi connectivity index (χ4v) is 1.51. The predicted molar refractivity (Wildman–Crippen MR) is 53.4 cm³/mol. The summed E-state index contributed by atoms with van der Waals surface area (Å²) in [6.07, 6.45) is 0. The van der Waals surface area contributed by atoms with Crippen LogP contribution in [0.2, 0.25) is 0 Å². The molecule has 68 valence electrons. The largest absolute Gasteiger partial charge is 0.508 e. The Morgan fingerprint density at radius 1 is 1.31 bits per heavy atom. The van der Waals surface area contributed by atoms with Gasteiger partial charge in [0, 0.05) is 12.2 Å². The first-order chi connectivity index (χ1) is 6.27. The molecular weight excluding hydrogens is 164 g/mol. The van der Waals surface area contributed by atoms with Crippen molar-refractivity contribution in [2.75, 3.05) is 18.0 Å². The van der Waals surface area contributed by atoms with Gasteiger partial charge in [-0.2, -0.15) is 0 Å². The lowest BCUT2D eigenvalue weighted by atomic mass is 10.2. The highest BCUT2D eigenvalue weighted by molar-refractivity contribution is 5.97. The van der Waals surface area contributed by atoms with Gasteiger partial charge in [0.1, 0.15) is 11.6 Å². The van der Waals surface area contributed by atoms with Crippen LogP contribution in [-0.4, -0.2) is 24.0 Å². The molecule has 1 aromatic carbocycles. The van der Waals surface area contributed by atoms with Gasteiger partial charge in [-0.15, -0.1) is 0 Å². The first-order valence-corrected chi connectivity index (χ1v) is 4.35. The molecule has 0 bridgehead atoms. The minimum Gasteiger partial charge on any atom is -0.508 e. The third-order valence-electron chi connectivity index (χ3n) is 2.22. The van der Waals surface area contributed by atoms with E-state index in [4.69, 9.17) is 5.11 Å². The first kappa shape index (κ1) is 8.10. The minimum absolute atomic E-state index is 0.303. The van der Waals surface area contributed by atoms with Crippen LogP contribution >= 0.6 is 0 Å². The molecule has 0 spiro atoms. The van der Waals surface area contributed by atoms with Gasteiger partial charge in [0.2, 0.25) is 0 Å². The number of anilines is 1. The van der Waals surface area contributed by atoms with Crippen LogP contribution in [0, 0.1) is 0 Å². The maximum Gasteiger partial charge on any atom is 0.115 e. The number of phenols is 1. The van der Waals surface area contributed by atoms with Crippen molar-refractivity contribution in [3.8, 4) is 5.75 Å². The first-order valence-electron chi connectivity index (χ1n) is 4.35. The van der Waals surface area contributed by atoms with Crippen molar-refractivity contribution in [3.05, 3.63) is 24.3 Å². The average Bonchev–Trinajstić information content (AvgIpc) is 2.53. The Morgan fingerprint density at radius 3 is 2.54 bits per heavy atom. The number of benzene rings is 1. The highest BCUT2D eigenvalue weighted by atomic mass is 16.3. The number of hydrogen-bond acceptors (Lipinski definition) is 3. The fourth-order valence-electron chi connectivity index (χ4n) is 1.51. The SMILES string of the molecule is CC1=NCCN1c1ccc(O)cc1. The van der Waals surface area contributed by atoms with Crippen molar-refractivity contribution < 1.29 is 5.11 Å². The summed E-state index contributed by atoms with van der Waals surface area (Å²) in [5.41, 5.74) is 1.09. The highest BCUT2D eigenvalue weighted by Crippen LogP contribution is 2.20. The summed E-state index contributed by atoms with van der Waals surface area (Å²) < 4.78 is 0. The van der Waals surface area contributed by atoms with Crippen LogP contribution in [0.5, 0.6) is 5.75 Å². The number of aliphatic imine (C=N–C) groups is 1. The number of aromatic hydroxyl groups is 1. The van der Waals surface area contributed by atoms with Crippen molar-refractivity contribution in [2.24, 2.45) is 4.99 Å². The summed E-state index contributed by atoms with van der Waals surface area (Å²) in [6.45, 7) is 3.81. The number of phenolic OH excluding ortho intramolecular Hbond substituents is 1. The van der Waals surface area contributed by atoms with Crippen molar-refractivity contribution in [3.63, 3.8) is 0 Å². The highest BCUT2D eigenvalue weighted by Gasteiger charge is 2.13. The number of hydrogen-bond donors (Lipinski definition) is 1. The molecule has 0 unspecified atom stereocenters. The maximum atomic E-state index is 9.12. The summed E-state index contributed by atoms with van der Waals surface area (Å²) in [4.78, 5) is 6.43. The van der Waals surface area contributed by atoms with Crippen LogP contribution in [0.3, 0.4) is 0 Å². The molecule has 0 amide bonds. The molecule has 1 aliphatic rings. The Labute approximate surface area is 77.3 Å². The number of rotatable bonds is 1. The van der Waals surface area contributed by atoms with Gasteiger partial charge in [0.15, 0.2) is 0 Å². The predicted octanol–water partition coefficient (Wildman–Crippen LogP) is 1.63. The van der Waals surface area contributed by atoms with E-state index in [1.807, 2.05) is 19.1 Å². The molecule has 13 heavy (non-hydrogen) atoms. The van der Waals surface area contributed by atoms with Gasteiger partial charge in [-0.1, -0.05) is 0 Å². The second-order valence-corrected chi connectivity index (χ2v) is 3.10. The molecule has 0 fully saturated rings. The van der Waals surface area contributed by atoms with E-state index < -0.39 is 0 Å². The van der Waals surface area contributed by atoms with Crippen molar-refractivity contribution >= 4 is 11.5 Å². The molecule has 3 heteroatoms. The third-order valence-corrected chi connectivity index (χ3v) is 2.22. The molecule has 0 saturated heterocycles. The zero-order chi connectivity index (χ0) is 9.26. The summed E-state index contributed by atoms with van der Waals surface area (Å²) in [7, 11) is 0. The van der Waals surface area contributed by atoms with E-state index in [1.165, 1.54) is 0 Å². The van der Waals surface area contributed by atoms with Crippen molar-refractivity contribution in [2.45, 2.75) is 6.92 Å². The zero-order valence-corrected chi connectivity index (χ0v) is 7.57. The lowest BCUT2D eigenvalue weighted by Gasteiger charge is -2.17. The van der Waals surface area contributed by atoms with Crippen molar-refractivity contribution in [1.29, 1.82) is 0 Å². The van der Waals surface area contributed by atoms with Crippen LogP contribution in [0.4, 0.5) is 5.69 Å². The Morgan fingerprint density at radius 2 is 2.00 bits per heavy atom. The molecule has 0 aromatic heterocycles. The minimum atomic E-state index is 0.303. The van der Waals surface area contributed by atoms with Crippen LogP contribution in [-0.2, 0) is 0 Å². The summed E-state index contributed by atoms with van der Waals surface area (Å²) in [6, 6.07) is 7.20. The van der Waals surface area contributed by atoms with Gasteiger partial charge >= 0.3 is 0 Å². The summed E-state index contributed by atoms with van der Waals surface area (Å²) in [5, 5.41) is 9.12. The lowest BCUT2D eigenvalue weighted by molar-refractivity contribution is 0.475. The summed E-state index contributed by atoms with van der Waals surface area (Å²) in [5.74, 6) is 1.35. The van der Waals surface area contributed by atoms with E-state index in [0.29, 0.717) is 5.75 Å². The van der Waals surface area contributed by atoms with Crippen LogP contribution in [0.1, 0.15) is 6.92 Å². The van der Waals surface area contributed by atoms with Crippen molar-refractivity contribution in [1.82, 2.24) is 0 Å². The quantitative estimate of drug-likeness (QED) is 0.706. The molecule has 2 rings (SSSR count). The van der Waals surface area contributed by atoms with Gasteiger partial charge in [-0.05, 0) is 31.2 Å². The van der Waals surface area contributed by atoms with Gasteiger partial charge in [-0.25, -0.2) is 0 Å². The molecule has 1 aromatic rings. The third kappa shape index (κ3) is 1.49. The second-order valence-electron chi connectivity index (χ2n) is 3.10. The average molecular weight is 176 g/mol. The molecule has 1 heterocycles. The van der Waals surface area contributed by atoms with E-state index in [2.05, 4.69) is 9.89 Å². The Hall–Kier alpha value is -1.51. The zero-order valence-electron chi connectivity index (χ0n) is 7.57. The van der Waals surface area contributed by atoms with E-state index in [1.54, 1.807) is 12.1 Å². The topological polar surface area (TPSA) is 35.8 Å². The molecule has 1 N–H and O–H groups in total. The molecule has 0 aliphatic carbocycles. The van der Waals surface area contributed by atoms with Crippen LogP contribution in [0.15, 0.2) is 29.3 Å².